The Balaban J connectivity index is 4.36. The third-order valence-electron chi connectivity index (χ3n) is 2.04. The average molecular weight is 260 g/mol. The largest absolute Gasteiger partial charge is 0.550 e. The molecule has 0 rings (SSSR count). The van der Waals surface area contributed by atoms with E-state index in [0.717, 1.165) is 0 Å². The molecule has 4 N–H and O–H groups in total. The molecule has 2 atom stereocenters. The van der Waals surface area contributed by atoms with E-state index in [0.29, 0.717) is 0 Å². The van der Waals surface area contributed by atoms with Crippen LogP contribution in [0.15, 0.2) is 0 Å². The maximum Gasteiger partial charge on any atom is 0.278 e. The van der Waals surface area contributed by atoms with Gasteiger partial charge in [0.15, 0.2) is 6.04 Å². The highest BCUT2D eigenvalue weighted by molar-refractivity contribution is 5.87. The molecule has 9 heteroatoms. The van der Waals surface area contributed by atoms with Gasteiger partial charge in [-0.15, -0.1) is 0 Å². The Morgan fingerprint density at radius 3 is 2.00 bits per heavy atom. The minimum absolute atomic E-state index is 0.154. The first-order valence-corrected chi connectivity index (χ1v) is 4.98. The lowest BCUT2D eigenvalue weighted by Crippen LogP contribution is -2.69. The fourth-order valence-electron chi connectivity index (χ4n) is 1.07. The van der Waals surface area contributed by atoms with Gasteiger partial charge >= 0.3 is 0 Å². The van der Waals surface area contributed by atoms with Crippen molar-refractivity contribution in [3.63, 3.8) is 0 Å². The number of carboxylic acid groups (broad SMARTS) is 3. The SMILES string of the molecule is [NH3+][C@H](CCC(=O)[O-])C(=O)N[C@@H](CC(=O)[O-])C(=O)[O-]. The smallest absolute Gasteiger partial charge is 0.278 e. The van der Waals surface area contributed by atoms with Crippen LogP contribution in [-0.2, 0) is 19.2 Å². The third-order valence-corrected chi connectivity index (χ3v) is 2.04. The number of rotatable bonds is 8. The molecule has 0 spiro atoms. The number of carbonyl (C=O) groups excluding carboxylic acids is 4. The van der Waals surface area contributed by atoms with Crippen LogP contribution in [0.1, 0.15) is 19.3 Å². The minimum atomic E-state index is -1.78. The van der Waals surface area contributed by atoms with E-state index < -0.39 is 48.7 Å². The highest BCUT2D eigenvalue weighted by Crippen LogP contribution is 1.95. The van der Waals surface area contributed by atoms with Gasteiger partial charge in [0.1, 0.15) is 0 Å². The molecule has 0 saturated carbocycles. The summed E-state index contributed by atoms with van der Waals surface area (Å²) in [4.78, 5) is 42.2. The Hall–Kier alpha value is -2.16. The Bertz CT molecular complexity index is 355. The monoisotopic (exact) mass is 260 g/mol. The Morgan fingerprint density at radius 1 is 1.06 bits per heavy atom. The van der Waals surface area contributed by atoms with Crippen molar-refractivity contribution in [2.24, 2.45) is 0 Å². The summed E-state index contributed by atoms with van der Waals surface area (Å²) in [5, 5.41) is 32.8. The van der Waals surface area contributed by atoms with Gasteiger partial charge in [0.25, 0.3) is 5.91 Å². The lowest BCUT2D eigenvalue weighted by Gasteiger charge is -2.21. The van der Waals surface area contributed by atoms with Crippen molar-refractivity contribution < 1.29 is 40.2 Å². The van der Waals surface area contributed by atoms with E-state index in [2.05, 4.69) is 5.73 Å². The molecule has 9 nitrogen and oxygen atoms in total. The van der Waals surface area contributed by atoms with Crippen molar-refractivity contribution in [2.75, 3.05) is 0 Å². The predicted molar refractivity (Wildman–Crippen MR) is 47.5 cm³/mol. The van der Waals surface area contributed by atoms with Crippen molar-refractivity contribution >= 4 is 23.8 Å². The molecule has 0 aliphatic rings. The summed E-state index contributed by atoms with van der Waals surface area (Å²) in [5.74, 6) is -5.70. The fraction of sp³-hybridized carbons (Fsp3) is 0.556. The molecule has 0 fully saturated rings. The first kappa shape index (κ1) is 15.8. The molecule has 0 unspecified atom stereocenters. The van der Waals surface area contributed by atoms with Crippen LogP contribution in [0.5, 0.6) is 0 Å². The summed E-state index contributed by atoms with van der Waals surface area (Å²) in [6.07, 6.45) is -1.52. The molecule has 0 radical (unpaired) electrons. The van der Waals surface area contributed by atoms with Crippen LogP contribution < -0.4 is 26.4 Å². The van der Waals surface area contributed by atoms with Gasteiger partial charge in [0.05, 0.1) is 12.0 Å². The molecule has 0 saturated heterocycles. The normalized spacial score (nSPS) is 13.4. The van der Waals surface area contributed by atoms with Crippen molar-refractivity contribution in [2.45, 2.75) is 31.3 Å². The van der Waals surface area contributed by atoms with E-state index in [9.17, 15) is 34.5 Å². The molecule has 0 aliphatic heterocycles. The number of hydrogen-bond acceptors (Lipinski definition) is 7. The van der Waals surface area contributed by atoms with Gasteiger partial charge in [0, 0.05) is 24.8 Å². The highest BCUT2D eigenvalue weighted by atomic mass is 16.4. The summed E-state index contributed by atoms with van der Waals surface area (Å²) < 4.78 is 0. The summed E-state index contributed by atoms with van der Waals surface area (Å²) in [5.41, 5.74) is 3.32. The maximum absolute atomic E-state index is 11.4. The van der Waals surface area contributed by atoms with E-state index >= 15 is 0 Å². The molecular formula is C9H12N2O7-2. The number of aliphatic carboxylic acids is 3. The Labute approximate surface area is 102 Å². The Morgan fingerprint density at radius 2 is 1.61 bits per heavy atom. The van der Waals surface area contributed by atoms with Crippen LogP contribution in [0.3, 0.4) is 0 Å². The number of carbonyl (C=O) groups is 4. The Kier molecular flexibility index (Phi) is 6.35. The molecular weight excluding hydrogens is 248 g/mol. The first-order chi connectivity index (χ1) is 8.23. The minimum Gasteiger partial charge on any atom is -0.550 e. The third kappa shape index (κ3) is 6.43. The van der Waals surface area contributed by atoms with Crippen LogP contribution in [0.25, 0.3) is 0 Å². The molecule has 0 aromatic heterocycles. The van der Waals surface area contributed by atoms with Gasteiger partial charge < -0.3 is 40.8 Å². The molecule has 18 heavy (non-hydrogen) atoms. The van der Waals surface area contributed by atoms with E-state index in [4.69, 9.17) is 0 Å². The lowest BCUT2D eigenvalue weighted by atomic mass is 10.1. The van der Waals surface area contributed by atoms with E-state index in [1.165, 1.54) is 0 Å². The highest BCUT2D eigenvalue weighted by Gasteiger charge is 2.21. The van der Waals surface area contributed by atoms with E-state index in [1.54, 1.807) is 0 Å². The van der Waals surface area contributed by atoms with Gasteiger partial charge in [-0.1, -0.05) is 0 Å². The second-order valence-electron chi connectivity index (χ2n) is 3.56. The number of hydrogen-bond donors (Lipinski definition) is 2. The molecule has 0 aromatic rings. The first-order valence-electron chi connectivity index (χ1n) is 4.98. The van der Waals surface area contributed by atoms with Crippen molar-refractivity contribution in [3.05, 3.63) is 0 Å². The molecule has 0 bridgehead atoms. The van der Waals surface area contributed by atoms with Crippen LogP contribution in [-0.4, -0.2) is 35.9 Å². The van der Waals surface area contributed by atoms with Gasteiger partial charge in [-0.3, -0.25) is 4.79 Å². The lowest BCUT2D eigenvalue weighted by molar-refractivity contribution is -0.406. The second-order valence-corrected chi connectivity index (χ2v) is 3.56. The zero-order chi connectivity index (χ0) is 14.3. The summed E-state index contributed by atoms with van der Waals surface area (Å²) in [7, 11) is 0. The van der Waals surface area contributed by atoms with Crippen LogP contribution in [0, 0.1) is 0 Å². The standard InChI is InChI=1S/C9H14N2O7/c10-4(1-2-6(12)13)8(16)11-5(9(17)18)3-7(14)15/h4-5H,1-3,10H2,(H,11,16)(H,12,13)(H,14,15)(H,17,18)/p-2/t4-,5+/m1/s1. The predicted octanol–water partition coefficient (Wildman–Crippen LogP) is -6.50. The summed E-state index contributed by atoms with van der Waals surface area (Å²) in [6.45, 7) is 0. The van der Waals surface area contributed by atoms with Crippen LogP contribution >= 0.6 is 0 Å². The maximum atomic E-state index is 11.4. The van der Waals surface area contributed by atoms with Gasteiger partial charge in [-0.05, 0) is 6.42 Å². The quantitative estimate of drug-likeness (QED) is 0.435. The number of quaternary nitrogens is 1. The number of carboxylic acids is 3. The number of nitrogens with one attached hydrogen (secondary N) is 1. The van der Waals surface area contributed by atoms with E-state index in [1.807, 2.05) is 5.32 Å². The second kappa shape index (κ2) is 7.22. The van der Waals surface area contributed by atoms with Crippen molar-refractivity contribution in [1.82, 2.24) is 5.32 Å². The van der Waals surface area contributed by atoms with Crippen LogP contribution in [0.2, 0.25) is 0 Å². The van der Waals surface area contributed by atoms with E-state index in [-0.39, 0.29) is 6.42 Å². The fourth-order valence-corrected chi connectivity index (χ4v) is 1.07. The molecule has 1 amide bonds. The van der Waals surface area contributed by atoms with Gasteiger partial charge in [0.2, 0.25) is 0 Å². The van der Waals surface area contributed by atoms with Gasteiger partial charge in [-0.25, -0.2) is 0 Å². The van der Waals surface area contributed by atoms with Crippen LogP contribution in [0.4, 0.5) is 0 Å². The number of amides is 1. The van der Waals surface area contributed by atoms with Crippen molar-refractivity contribution in [3.8, 4) is 0 Å². The molecule has 102 valence electrons. The molecule has 0 heterocycles. The average Bonchev–Trinajstić information content (AvgIpc) is 2.23. The molecule has 0 aromatic carbocycles. The zero-order valence-corrected chi connectivity index (χ0v) is 9.34. The van der Waals surface area contributed by atoms with Gasteiger partial charge in [-0.2, -0.15) is 0 Å². The topological polar surface area (TPSA) is 177 Å². The zero-order valence-electron chi connectivity index (χ0n) is 9.34. The summed E-state index contributed by atoms with van der Waals surface area (Å²) in [6, 6.07) is -2.78. The summed E-state index contributed by atoms with van der Waals surface area (Å²) >= 11 is 0. The van der Waals surface area contributed by atoms with Crippen molar-refractivity contribution in [1.29, 1.82) is 0 Å². The molecule has 0 aliphatic carbocycles.